The molecule has 0 fully saturated rings. The van der Waals surface area contributed by atoms with Crippen molar-refractivity contribution in [3.8, 4) is 0 Å². The number of hydrogen-bond acceptors (Lipinski definition) is 1. The summed E-state index contributed by atoms with van der Waals surface area (Å²) in [6.07, 6.45) is -0.0828. The van der Waals surface area contributed by atoms with Gasteiger partial charge in [0.15, 0.2) is 0 Å². The van der Waals surface area contributed by atoms with E-state index in [4.69, 9.17) is 0 Å². The van der Waals surface area contributed by atoms with Gasteiger partial charge in [-0.1, -0.05) is 6.08 Å². The molecular formula is C7H8F3N. The molecule has 0 bridgehead atoms. The van der Waals surface area contributed by atoms with Gasteiger partial charge in [-0.15, -0.1) is 0 Å². The van der Waals surface area contributed by atoms with E-state index in [1.54, 1.807) is 13.2 Å². The van der Waals surface area contributed by atoms with Gasteiger partial charge in [-0.05, 0) is 12.3 Å². The van der Waals surface area contributed by atoms with Crippen LogP contribution in [0.15, 0.2) is 23.9 Å². The smallest absolute Gasteiger partial charge is 0.376 e. The van der Waals surface area contributed by atoms with E-state index in [0.29, 0.717) is 0 Å². The van der Waals surface area contributed by atoms with Gasteiger partial charge in [0, 0.05) is 13.6 Å². The van der Waals surface area contributed by atoms with Crippen molar-refractivity contribution < 1.29 is 13.2 Å². The summed E-state index contributed by atoms with van der Waals surface area (Å²) in [7, 11) is 1.61. The number of likely N-dealkylation sites (N-methyl/N-ethyl adjacent to an activating group) is 1. The maximum Gasteiger partial charge on any atom is 0.414 e. The number of alkyl halides is 3. The van der Waals surface area contributed by atoms with Crippen LogP contribution in [-0.4, -0.2) is 24.7 Å². The van der Waals surface area contributed by atoms with Gasteiger partial charge in [-0.2, -0.15) is 13.2 Å². The third-order valence-corrected chi connectivity index (χ3v) is 1.42. The van der Waals surface area contributed by atoms with Crippen molar-refractivity contribution in [3.63, 3.8) is 0 Å². The highest BCUT2D eigenvalue weighted by Crippen LogP contribution is 2.27. The zero-order valence-electron chi connectivity index (χ0n) is 6.02. The molecule has 1 heterocycles. The predicted octanol–water partition coefficient (Wildman–Crippen LogP) is 1.93. The molecule has 1 aliphatic heterocycles. The van der Waals surface area contributed by atoms with E-state index in [-0.39, 0.29) is 6.54 Å². The molecule has 11 heavy (non-hydrogen) atoms. The molecule has 4 heteroatoms. The Morgan fingerprint density at radius 3 is 2.45 bits per heavy atom. The summed E-state index contributed by atoms with van der Waals surface area (Å²) >= 11 is 0. The normalized spacial score (nSPS) is 18.5. The summed E-state index contributed by atoms with van der Waals surface area (Å²) in [5.41, 5.74) is -0.498. The van der Waals surface area contributed by atoms with E-state index in [0.717, 1.165) is 6.08 Å². The maximum atomic E-state index is 12.0. The van der Waals surface area contributed by atoms with Crippen LogP contribution in [0.2, 0.25) is 0 Å². The zero-order valence-corrected chi connectivity index (χ0v) is 6.02. The molecule has 0 spiro atoms. The molecule has 1 rings (SSSR count). The largest absolute Gasteiger partial charge is 0.414 e. The van der Waals surface area contributed by atoms with Crippen molar-refractivity contribution >= 4 is 0 Å². The van der Waals surface area contributed by atoms with Crippen LogP contribution in [0.4, 0.5) is 13.2 Å². The van der Waals surface area contributed by atoms with E-state index in [1.807, 2.05) is 0 Å². The van der Waals surface area contributed by atoms with Crippen LogP contribution >= 0.6 is 0 Å². The van der Waals surface area contributed by atoms with Crippen LogP contribution in [0, 0.1) is 0 Å². The SMILES string of the molecule is CN1C=CC=C(C(F)(F)F)C1. The molecular weight excluding hydrogens is 155 g/mol. The topological polar surface area (TPSA) is 3.24 Å². The Bertz CT molecular complexity index is 202. The molecule has 1 nitrogen and oxygen atoms in total. The minimum atomic E-state index is -4.18. The quantitative estimate of drug-likeness (QED) is 0.527. The highest BCUT2D eigenvalue weighted by molar-refractivity contribution is 5.22. The average molecular weight is 163 g/mol. The molecule has 0 saturated heterocycles. The van der Waals surface area contributed by atoms with Crippen molar-refractivity contribution in [2.24, 2.45) is 0 Å². The first-order chi connectivity index (χ1) is 5.00. The fourth-order valence-corrected chi connectivity index (χ4v) is 0.864. The minimum absolute atomic E-state index is 0.0556. The molecule has 0 atom stereocenters. The molecule has 0 aromatic rings. The Morgan fingerprint density at radius 1 is 1.45 bits per heavy atom. The van der Waals surface area contributed by atoms with Crippen molar-refractivity contribution in [1.82, 2.24) is 4.90 Å². The van der Waals surface area contributed by atoms with Gasteiger partial charge in [0.05, 0.1) is 5.57 Å². The number of rotatable bonds is 0. The second-order valence-corrected chi connectivity index (χ2v) is 2.45. The Hall–Kier alpha value is -0.930. The molecule has 1 aliphatic rings. The number of hydrogen-bond donors (Lipinski definition) is 0. The first kappa shape index (κ1) is 8.17. The molecule has 0 N–H and O–H groups in total. The van der Waals surface area contributed by atoms with Crippen LogP contribution in [0.3, 0.4) is 0 Å². The Morgan fingerprint density at radius 2 is 2.09 bits per heavy atom. The lowest BCUT2D eigenvalue weighted by Gasteiger charge is -2.21. The van der Waals surface area contributed by atoms with Crippen molar-refractivity contribution in [2.45, 2.75) is 6.18 Å². The van der Waals surface area contributed by atoms with Crippen LogP contribution in [0.1, 0.15) is 0 Å². The van der Waals surface area contributed by atoms with Gasteiger partial charge in [0.25, 0.3) is 0 Å². The molecule has 62 valence electrons. The van der Waals surface area contributed by atoms with Crippen LogP contribution in [0.25, 0.3) is 0 Å². The van der Waals surface area contributed by atoms with Gasteiger partial charge in [0.1, 0.15) is 0 Å². The lowest BCUT2D eigenvalue weighted by molar-refractivity contribution is -0.0948. The number of nitrogens with zero attached hydrogens (tertiary/aromatic N) is 1. The van der Waals surface area contributed by atoms with E-state index >= 15 is 0 Å². The van der Waals surface area contributed by atoms with Gasteiger partial charge in [-0.25, -0.2) is 0 Å². The van der Waals surface area contributed by atoms with Crippen LogP contribution in [-0.2, 0) is 0 Å². The van der Waals surface area contributed by atoms with Gasteiger partial charge >= 0.3 is 6.18 Å². The highest BCUT2D eigenvalue weighted by atomic mass is 19.4. The summed E-state index contributed by atoms with van der Waals surface area (Å²) in [6, 6.07) is 0. The molecule has 0 aromatic carbocycles. The second-order valence-electron chi connectivity index (χ2n) is 2.45. The molecule has 0 unspecified atom stereocenters. The standard InChI is InChI=1S/C7H8F3N/c1-11-4-2-3-6(5-11)7(8,9)10/h2-4H,5H2,1H3. The lowest BCUT2D eigenvalue weighted by Crippen LogP contribution is -2.25. The summed E-state index contributed by atoms with van der Waals surface area (Å²) in [4.78, 5) is 1.49. The summed E-state index contributed by atoms with van der Waals surface area (Å²) < 4.78 is 36.0. The molecule has 0 aliphatic carbocycles. The lowest BCUT2D eigenvalue weighted by atomic mass is 10.2. The monoisotopic (exact) mass is 163 g/mol. The van der Waals surface area contributed by atoms with Gasteiger partial charge in [0.2, 0.25) is 0 Å². The third kappa shape index (κ3) is 2.00. The number of allylic oxidation sites excluding steroid dienone is 2. The summed E-state index contributed by atoms with van der Waals surface area (Å²) in [5.74, 6) is 0. The second kappa shape index (κ2) is 2.60. The summed E-state index contributed by atoms with van der Waals surface area (Å²) in [5, 5.41) is 0. The van der Waals surface area contributed by atoms with Gasteiger partial charge in [-0.3, -0.25) is 0 Å². The number of halogens is 3. The van der Waals surface area contributed by atoms with E-state index in [1.165, 1.54) is 11.0 Å². The fraction of sp³-hybridized carbons (Fsp3) is 0.429. The Labute approximate surface area is 62.8 Å². The third-order valence-electron chi connectivity index (χ3n) is 1.42. The van der Waals surface area contributed by atoms with E-state index in [9.17, 15) is 13.2 Å². The molecule has 0 saturated carbocycles. The Balaban J connectivity index is 2.75. The maximum absolute atomic E-state index is 12.0. The van der Waals surface area contributed by atoms with Crippen molar-refractivity contribution in [3.05, 3.63) is 23.9 Å². The van der Waals surface area contributed by atoms with Crippen molar-refractivity contribution in [2.75, 3.05) is 13.6 Å². The Kier molecular flexibility index (Phi) is 1.93. The minimum Gasteiger partial charge on any atom is -0.376 e. The summed E-state index contributed by atoms with van der Waals surface area (Å²) in [6.45, 7) is -0.0556. The highest BCUT2D eigenvalue weighted by Gasteiger charge is 2.33. The first-order valence-electron chi connectivity index (χ1n) is 3.15. The molecule has 0 radical (unpaired) electrons. The van der Waals surface area contributed by atoms with Crippen LogP contribution < -0.4 is 0 Å². The van der Waals surface area contributed by atoms with Crippen LogP contribution in [0.5, 0.6) is 0 Å². The van der Waals surface area contributed by atoms with E-state index < -0.39 is 11.7 Å². The predicted molar refractivity (Wildman–Crippen MR) is 35.9 cm³/mol. The van der Waals surface area contributed by atoms with Crippen molar-refractivity contribution in [1.29, 1.82) is 0 Å². The zero-order chi connectivity index (χ0) is 8.48. The average Bonchev–Trinajstić information content (AvgIpc) is 1.86. The molecule has 0 aromatic heterocycles. The molecule has 0 amide bonds. The van der Waals surface area contributed by atoms with E-state index in [2.05, 4.69) is 0 Å². The van der Waals surface area contributed by atoms with Gasteiger partial charge < -0.3 is 4.90 Å². The first-order valence-corrected chi connectivity index (χ1v) is 3.15. The fourth-order valence-electron chi connectivity index (χ4n) is 0.864.